The van der Waals surface area contributed by atoms with Crippen molar-refractivity contribution in [1.82, 2.24) is 10.2 Å². The molecule has 2 fully saturated rings. The molecular formula is C18H25FN2O2. The highest BCUT2D eigenvalue weighted by atomic mass is 19.1. The van der Waals surface area contributed by atoms with Crippen molar-refractivity contribution in [3.8, 4) is 0 Å². The zero-order valence-corrected chi connectivity index (χ0v) is 13.5. The van der Waals surface area contributed by atoms with Gasteiger partial charge < -0.3 is 10.1 Å². The standard InChI is InChI=1S/C18H25FN2O2/c19-16-6-1-4-14(10-16)12-21-8-2-5-15(13-21)18(22)20-11-17-7-3-9-23-17/h1,4,6,10,15,17H,2-3,5,7-9,11-13H2,(H,20,22). The molecule has 23 heavy (non-hydrogen) atoms. The Balaban J connectivity index is 1.48. The Morgan fingerprint density at radius 1 is 1.35 bits per heavy atom. The van der Waals surface area contributed by atoms with E-state index >= 15 is 0 Å². The topological polar surface area (TPSA) is 41.6 Å². The average molecular weight is 320 g/mol. The van der Waals surface area contributed by atoms with Gasteiger partial charge in [0.2, 0.25) is 5.91 Å². The third-order valence-electron chi connectivity index (χ3n) is 4.70. The van der Waals surface area contributed by atoms with E-state index in [4.69, 9.17) is 4.74 Å². The quantitative estimate of drug-likeness (QED) is 0.905. The van der Waals surface area contributed by atoms with Crippen LogP contribution in [0.15, 0.2) is 24.3 Å². The predicted molar refractivity (Wildman–Crippen MR) is 86.4 cm³/mol. The molecule has 0 bridgehead atoms. The van der Waals surface area contributed by atoms with Crippen molar-refractivity contribution in [3.63, 3.8) is 0 Å². The molecule has 0 aromatic heterocycles. The summed E-state index contributed by atoms with van der Waals surface area (Å²) in [6, 6.07) is 6.70. The highest BCUT2D eigenvalue weighted by molar-refractivity contribution is 5.79. The summed E-state index contributed by atoms with van der Waals surface area (Å²) in [6.45, 7) is 3.85. The zero-order chi connectivity index (χ0) is 16.1. The number of likely N-dealkylation sites (tertiary alicyclic amines) is 1. The summed E-state index contributed by atoms with van der Waals surface area (Å²) < 4.78 is 18.8. The summed E-state index contributed by atoms with van der Waals surface area (Å²) in [5, 5.41) is 3.04. The van der Waals surface area contributed by atoms with Crippen LogP contribution in [0.1, 0.15) is 31.2 Å². The summed E-state index contributed by atoms with van der Waals surface area (Å²) in [7, 11) is 0. The van der Waals surface area contributed by atoms with Gasteiger partial charge in [-0.1, -0.05) is 12.1 Å². The third-order valence-corrected chi connectivity index (χ3v) is 4.70. The number of amides is 1. The van der Waals surface area contributed by atoms with Crippen LogP contribution in [-0.4, -0.2) is 43.2 Å². The Morgan fingerprint density at radius 3 is 3.04 bits per heavy atom. The van der Waals surface area contributed by atoms with E-state index in [1.54, 1.807) is 12.1 Å². The van der Waals surface area contributed by atoms with E-state index in [9.17, 15) is 9.18 Å². The van der Waals surface area contributed by atoms with Crippen molar-refractivity contribution in [2.24, 2.45) is 5.92 Å². The summed E-state index contributed by atoms with van der Waals surface area (Å²) >= 11 is 0. The fourth-order valence-electron chi connectivity index (χ4n) is 3.47. The first-order chi connectivity index (χ1) is 11.2. The fraction of sp³-hybridized carbons (Fsp3) is 0.611. The highest BCUT2D eigenvalue weighted by Crippen LogP contribution is 2.19. The molecule has 3 rings (SSSR count). The van der Waals surface area contributed by atoms with E-state index in [0.29, 0.717) is 13.1 Å². The van der Waals surface area contributed by atoms with Gasteiger partial charge in [0.25, 0.3) is 0 Å². The van der Waals surface area contributed by atoms with Gasteiger partial charge in [0.1, 0.15) is 5.82 Å². The lowest BCUT2D eigenvalue weighted by Crippen LogP contribution is -2.44. The van der Waals surface area contributed by atoms with Crippen molar-refractivity contribution in [1.29, 1.82) is 0 Å². The van der Waals surface area contributed by atoms with Gasteiger partial charge in [-0.15, -0.1) is 0 Å². The number of nitrogens with zero attached hydrogens (tertiary/aromatic N) is 1. The van der Waals surface area contributed by atoms with Crippen molar-refractivity contribution < 1.29 is 13.9 Å². The number of piperidine rings is 1. The average Bonchev–Trinajstić information content (AvgIpc) is 3.06. The summed E-state index contributed by atoms with van der Waals surface area (Å²) in [6.07, 6.45) is 4.25. The first-order valence-electron chi connectivity index (χ1n) is 8.57. The predicted octanol–water partition coefficient (Wildman–Crippen LogP) is 2.33. The van der Waals surface area contributed by atoms with Crippen LogP contribution in [0.5, 0.6) is 0 Å². The molecule has 2 heterocycles. The number of nitrogens with one attached hydrogen (secondary N) is 1. The molecule has 2 saturated heterocycles. The molecule has 1 aromatic carbocycles. The van der Waals surface area contributed by atoms with Crippen LogP contribution < -0.4 is 5.32 Å². The van der Waals surface area contributed by atoms with Gasteiger partial charge in [-0.2, -0.15) is 0 Å². The monoisotopic (exact) mass is 320 g/mol. The first kappa shape index (κ1) is 16.4. The van der Waals surface area contributed by atoms with Crippen LogP contribution in [-0.2, 0) is 16.1 Å². The van der Waals surface area contributed by atoms with Crippen LogP contribution in [0, 0.1) is 11.7 Å². The fourth-order valence-corrected chi connectivity index (χ4v) is 3.47. The van der Waals surface area contributed by atoms with Crippen LogP contribution in [0.25, 0.3) is 0 Å². The Kier molecular flexibility index (Phi) is 5.62. The molecule has 2 aliphatic rings. The van der Waals surface area contributed by atoms with Gasteiger partial charge in [-0.3, -0.25) is 9.69 Å². The molecule has 2 atom stereocenters. The summed E-state index contributed by atoms with van der Waals surface area (Å²) in [5.74, 6) is -0.0477. The van der Waals surface area contributed by atoms with E-state index in [-0.39, 0.29) is 23.7 Å². The van der Waals surface area contributed by atoms with Crippen LogP contribution >= 0.6 is 0 Å². The molecule has 1 aromatic rings. The van der Waals surface area contributed by atoms with E-state index < -0.39 is 0 Å². The van der Waals surface area contributed by atoms with E-state index in [0.717, 1.165) is 50.9 Å². The number of benzene rings is 1. The molecule has 0 radical (unpaired) electrons. The minimum absolute atomic E-state index is 0.0266. The minimum atomic E-state index is -0.203. The molecule has 0 spiro atoms. The van der Waals surface area contributed by atoms with E-state index in [1.165, 1.54) is 6.07 Å². The molecule has 1 N–H and O–H groups in total. The van der Waals surface area contributed by atoms with Crippen LogP contribution in [0.4, 0.5) is 4.39 Å². The summed E-state index contributed by atoms with van der Waals surface area (Å²) in [5.41, 5.74) is 0.963. The lowest BCUT2D eigenvalue weighted by atomic mass is 9.96. The molecule has 2 unspecified atom stereocenters. The molecule has 4 nitrogen and oxygen atoms in total. The maximum Gasteiger partial charge on any atom is 0.224 e. The third kappa shape index (κ3) is 4.75. The van der Waals surface area contributed by atoms with Gasteiger partial charge in [0, 0.05) is 26.2 Å². The largest absolute Gasteiger partial charge is 0.376 e. The maximum atomic E-state index is 13.3. The second-order valence-electron chi connectivity index (χ2n) is 6.58. The lowest BCUT2D eigenvalue weighted by molar-refractivity contribution is -0.127. The Labute approximate surface area is 137 Å². The maximum absolute atomic E-state index is 13.3. The normalized spacial score (nSPS) is 25.4. The molecule has 0 aliphatic carbocycles. The highest BCUT2D eigenvalue weighted by Gasteiger charge is 2.26. The molecule has 5 heteroatoms. The van der Waals surface area contributed by atoms with Crippen molar-refractivity contribution in [3.05, 3.63) is 35.6 Å². The summed E-state index contributed by atoms with van der Waals surface area (Å²) in [4.78, 5) is 14.6. The SMILES string of the molecule is O=C(NCC1CCCO1)C1CCCN(Cc2cccc(F)c2)C1. The zero-order valence-electron chi connectivity index (χ0n) is 13.5. The lowest BCUT2D eigenvalue weighted by Gasteiger charge is -2.32. The van der Waals surface area contributed by atoms with Gasteiger partial charge in [-0.05, 0) is 49.9 Å². The Morgan fingerprint density at radius 2 is 2.26 bits per heavy atom. The first-order valence-corrected chi connectivity index (χ1v) is 8.57. The second kappa shape index (κ2) is 7.88. The number of halogens is 1. The van der Waals surface area contributed by atoms with Crippen LogP contribution in [0.3, 0.4) is 0 Å². The van der Waals surface area contributed by atoms with Gasteiger partial charge in [0.15, 0.2) is 0 Å². The number of hydrogen-bond acceptors (Lipinski definition) is 3. The van der Waals surface area contributed by atoms with Gasteiger partial charge >= 0.3 is 0 Å². The van der Waals surface area contributed by atoms with Crippen molar-refractivity contribution >= 4 is 5.91 Å². The molecule has 1 amide bonds. The second-order valence-corrected chi connectivity index (χ2v) is 6.58. The molecule has 0 saturated carbocycles. The number of carbonyl (C=O) groups is 1. The Hall–Kier alpha value is -1.46. The van der Waals surface area contributed by atoms with E-state index in [2.05, 4.69) is 10.2 Å². The Bertz CT molecular complexity index is 532. The minimum Gasteiger partial charge on any atom is -0.376 e. The smallest absolute Gasteiger partial charge is 0.224 e. The van der Waals surface area contributed by atoms with Crippen molar-refractivity contribution in [2.75, 3.05) is 26.2 Å². The van der Waals surface area contributed by atoms with E-state index in [1.807, 2.05) is 6.07 Å². The van der Waals surface area contributed by atoms with Gasteiger partial charge in [-0.25, -0.2) is 4.39 Å². The molecule has 126 valence electrons. The van der Waals surface area contributed by atoms with Crippen LogP contribution in [0.2, 0.25) is 0 Å². The molecule has 2 aliphatic heterocycles. The van der Waals surface area contributed by atoms with Gasteiger partial charge in [0.05, 0.1) is 12.0 Å². The van der Waals surface area contributed by atoms with Crippen molar-refractivity contribution in [2.45, 2.75) is 38.3 Å². The number of ether oxygens (including phenoxy) is 1. The number of rotatable bonds is 5. The molecular weight excluding hydrogens is 295 g/mol. The number of carbonyl (C=O) groups excluding carboxylic acids is 1. The number of hydrogen-bond donors (Lipinski definition) is 1.